The van der Waals surface area contributed by atoms with Crippen LogP contribution >= 0.6 is 0 Å². The molecule has 2 rings (SSSR count). The molecule has 0 saturated carbocycles. The Kier molecular flexibility index (Phi) is 7.55. The Morgan fingerprint density at radius 2 is 1.69 bits per heavy atom. The molecule has 2 unspecified atom stereocenters. The van der Waals surface area contributed by atoms with Gasteiger partial charge in [0.05, 0.1) is 19.6 Å². The van der Waals surface area contributed by atoms with Gasteiger partial charge in [-0.25, -0.2) is 14.4 Å². The van der Waals surface area contributed by atoms with Gasteiger partial charge < -0.3 is 18.9 Å². The van der Waals surface area contributed by atoms with Gasteiger partial charge in [0, 0.05) is 24.0 Å². The van der Waals surface area contributed by atoms with Crippen LogP contribution in [0.25, 0.3) is 0 Å². The van der Waals surface area contributed by atoms with Gasteiger partial charge in [-0.2, -0.15) is 0 Å². The maximum atomic E-state index is 11.2. The molecule has 0 N–H and O–H groups in total. The van der Waals surface area contributed by atoms with Gasteiger partial charge in [-0.15, -0.1) is 0 Å². The number of rotatable bonds is 4. The van der Waals surface area contributed by atoms with E-state index < -0.39 is 29.6 Å². The van der Waals surface area contributed by atoms with Gasteiger partial charge in [-0.1, -0.05) is 13.2 Å². The Bertz CT molecular complexity index is 621. The van der Waals surface area contributed by atoms with Crippen molar-refractivity contribution in [3.8, 4) is 0 Å². The topological polar surface area (TPSA) is 105 Å². The summed E-state index contributed by atoms with van der Waals surface area (Å²) in [4.78, 5) is 44.0. The Balaban J connectivity index is 0.000000263. The third kappa shape index (κ3) is 6.70. The number of hydrogen-bond donors (Lipinski definition) is 0. The zero-order valence-electron chi connectivity index (χ0n) is 15.3. The number of carbonyl (C=O) groups excluding carboxylic acids is 4. The molecular formula is C18H24O8. The van der Waals surface area contributed by atoms with Crippen LogP contribution in [0, 0.1) is 0 Å². The predicted molar refractivity (Wildman–Crippen MR) is 89.8 cm³/mol. The van der Waals surface area contributed by atoms with Crippen LogP contribution in [0.2, 0.25) is 0 Å². The van der Waals surface area contributed by atoms with E-state index in [0.29, 0.717) is 31.6 Å². The molecule has 0 bridgehead atoms. The van der Waals surface area contributed by atoms with Crippen LogP contribution in [0.4, 0.5) is 0 Å². The van der Waals surface area contributed by atoms with Crippen molar-refractivity contribution in [1.29, 1.82) is 0 Å². The molecule has 0 spiro atoms. The van der Waals surface area contributed by atoms with E-state index in [1.807, 2.05) is 0 Å². The molecule has 0 aromatic rings. The molecule has 8 nitrogen and oxygen atoms in total. The molecule has 144 valence electrons. The second-order valence-corrected chi connectivity index (χ2v) is 6.40. The van der Waals surface area contributed by atoms with E-state index in [0.717, 1.165) is 0 Å². The second kappa shape index (κ2) is 9.17. The molecular weight excluding hydrogens is 344 g/mol. The molecule has 0 aromatic carbocycles. The summed E-state index contributed by atoms with van der Waals surface area (Å²) < 4.78 is 19.3. The normalized spacial score (nSPS) is 24.3. The van der Waals surface area contributed by atoms with Crippen molar-refractivity contribution in [3.63, 3.8) is 0 Å². The average Bonchev–Trinajstić information content (AvgIpc) is 2.92. The quantitative estimate of drug-likeness (QED) is 0.419. The largest absolute Gasteiger partial charge is 0.465 e. The maximum absolute atomic E-state index is 11.2. The highest BCUT2D eigenvalue weighted by atomic mass is 16.6. The molecule has 2 atom stereocenters. The van der Waals surface area contributed by atoms with Gasteiger partial charge >= 0.3 is 23.9 Å². The Morgan fingerprint density at radius 3 is 2.15 bits per heavy atom. The molecule has 2 heterocycles. The fourth-order valence-corrected chi connectivity index (χ4v) is 2.04. The standard InChI is InChI=1S/C10H14O4.C8H10O4/c1-7(2)9(12)14-10(3)4-5-13-8(11)6-10;1-5(2)7(9)12-6-3-4-11-8(6)10/h1,4-6H2,2-3H3;6H,1,3-4H2,2H3. The van der Waals surface area contributed by atoms with Crippen LogP contribution in [0.1, 0.15) is 40.0 Å². The number of cyclic esters (lactones) is 2. The van der Waals surface area contributed by atoms with Crippen molar-refractivity contribution < 1.29 is 38.1 Å². The van der Waals surface area contributed by atoms with Gasteiger partial charge in [0.1, 0.15) is 5.60 Å². The van der Waals surface area contributed by atoms with Crippen molar-refractivity contribution in [3.05, 3.63) is 24.3 Å². The lowest BCUT2D eigenvalue weighted by Crippen LogP contribution is -2.40. The van der Waals surface area contributed by atoms with Crippen molar-refractivity contribution in [1.82, 2.24) is 0 Å². The van der Waals surface area contributed by atoms with Gasteiger partial charge in [-0.3, -0.25) is 4.79 Å². The van der Waals surface area contributed by atoms with Crippen LogP contribution < -0.4 is 0 Å². The third-order valence-electron chi connectivity index (χ3n) is 3.58. The summed E-state index contributed by atoms with van der Waals surface area (Å²) in [6, 6.07) is 0. The van der Waals surface area contributed by atoms with Crippen molar-refractivity contribution in [2.24, 2.45) is 0 Å². The van der Waals surface area contributed by atoms with Gasteiger partial charge in [-0.05, 0) is 20.8 Å². The summed E-state index contributed by atoms with van der Waals surface area (Å²) in [5, 5.41) is 0. The van der Waals surface area contributed by atoms with E-state index in [4.69, 9.17) is 14.2 Å². The van der Waals surface area contributed by atoms with Crippen LogP contribution in [0.3, 0.4) is 0 Å². The van der Waals surface area contributed by atoms with E-state index >= 15 is 0 Å². The van der Waals surface area contributed by atoms with E-state index in [1.165, 1.54) is 6.92 Å². The molecule has 0 radical (unpaired) electrons. The molecule has 0 aliphatic carbocycles. The van der Waals surface area contributed by atoms with Crippen LogP contribution in [0.15, 0.2) is 24.3 Å². The predicted octanol–water partition coefficient (Wildman–Crippen LogP) is 1.62. The summed E-state index contributed by atoms with van der Waals surface area (Å²) in [5.41, 5.74) is -0.106. The zero-order valence-corrected chi connectivity index (χ0v) is 15.3. The highest BCUT2D eigenvalue weighted by Crippen LogP contribution is 2.26. The first-order valence-electron chi connectivity index (χ1n) is 8.11. The second-order valence-electron chi connectivity index (χ2n) is 6.40. The van der Waals surface area contributed by atoms with Crippen LogP contribution in [-0.2, 0) is 38.1 Å². The number of ether oxygens (including phenoxy) is 4. The first-order valence-corrected chi connectivity index (χ1v) is 8.11. The molecule has 26 heavy (non-hydrogen) atoms. The fraction of sp³-hybridized carbons (Fsp3) is 0.556. The lowest BCUT2D eigenvalue weighted by atomic mass is 9.96. The van der Waals surface area contributed by atoms with Gasteiger partial charge in [0.25, 0.3) is 0 Å². The van der Waals surface area contributed by atoms with Gasteiger partial charge in [0.15, 0.2) is 0 Å². The summed E-state index contributed by atoms with van der Waals surface area (Å²) in [6.07, 6.45) is 0.371. The monoisotopic (exact) mass is 368 g/mol. The van der Waals surface area contributed by atoms with E-state index in [9.17, 15) is 19.2 Å². The van der Waals surface area contributed by atoms with Crippen LogP contribution in [0.5, 0.6) is 0 Å². The van der Waals surface area contributed by atoms with Crippen LogP contribution in [-0.4, -0.2) is 48.8 Å². The lowest BCUT2D eigenvalue weighted by Gasteiger charge is -2.32. The third-order valence-corrected chi connectivity index (χ3v) is 3.58. The van der Waals surface area contributed by atoms with Crippen molar-refractivity contribution in [2.45, 2.75) is 51.7 Å². The first-order chi connectivity index (χ1) is 12.0. The number of carbonyl (C=O) groups is 4. The Hall–Kier alpha value is -2.64. The molecule has 8 heteroatoms. The minimum atomic E-state index is -0.731. The average molecular weight is 368 g/mol. The molecule has 0 aromatic heterocycles. The number of hydrogen-bond acceptors (Lipinski definition) is 8. The van der Waals surface area contributed by atoms with E-state index in [-0.39, 0.29) is 18.0 Å². The maximum Gasteiger partial charge on any atom is 0.347 e. The number of esters is 4. The van der Waals surface area contributed by atoms with Crippen molar-refractivity contribution in [2.75, 3.05) is 13.2 Å². The zero-order chi connectivity index (χ0) is 19.9. The Labute approximate surface area is 152 Å². The summed E-state index contributed by atoms with van der Waals surface area (Å²) in [6.45, 7) is 12.3. The highest BCUT2D eigenvalue weighted by molar-refractivity contribution is 5.89. The van der Waals surface area contributed by atoms with Crippen molar-refractivity contribution >= 4 is 23.9 Å². The fourth-order valence-electron chi connectivity index (χ4n) is 2.04. The first kappa shape index (κ1) is 21.4. The molecule has 2 fully saturated rings. The molecule has 2 aliphatic heterocycles. The summed E-state index contributed by atoms with van der Waals surface area (Å²) in [7, 11) is 0. The molecule has 2 aliphatic rings. The summed E-state index contributed by atoms with van der Waals surface area (Å²) in [5.74, 6) is -1.79. The summed E-state index contributed by atoms with van der Waals surface area (Å²) >= 11 is 0. The van der Waals surface area contributed by atoms with Gasteiger partial charge in [0.2, 0.25) is 6.10 Å². The lowest BCUT2D eigenvalue weighted by molar-refractivity contribution is -0.172. The van der Waals surface area contributed by atoms with E-state index in [1.54, 1.807) is 13.8 Å². The SMILES string of the molecule is C=C(C)C(=O)OC1(C)CCOC(=O)C1.C=C(C)C(=O)OC1CCOC1=O. The highest BCUT2D eigenvalue weighted by Gasteiger charge is 2.36. The molecule has 2 saturated heterocycles. The minimum Gasteiger partial charge on any atom is -0.465 e. The smallest absolute Gasteiger partial charge is 0.347 e. The Morgan fingerprint density at radius 1 is 1.08 bits per heavy atom. The molecule has 0 amide bonds. The van der Waals surface area contributed by atoms with E-state index in [2.05, 4.69) is 17.9 Å². The minimum absolute atomic E-state index is 0.117.